The summed E-state index contributed by atoms with van der Waals surface area (Å²) in [7, 11) is 3.83. The lowest BCUT2D eigenvalue weighted by molar-refractivity contribution is -0.137. The zero-order chi connectivity index (χ0) is 23.6. The number of alkyl halides is 3. The molecule has 2 aromatic rings. The highest BCUT2D eigenvalue weighted by molar-refractivity contribution is 6.02. The lowest BCUT2D eigenvalue weighted by atomic mass is 10.1. The van der Waals surface area contributed by atoms with Crippen molar-refractivity contribution < 1.29 is 23.1 Å². The average Bonchev–Trinajstić information content (AvgIpc) is 2.70. The van der Waals surface area contributed by atoms with E-state index in [1.807, 2.05) is 43.3 Å². The standard InChI is InChI=1S/C22H26F3N5O2/c1-14(2)30-20(31)27-19(26-17-7-5-6-16(12-17)22(23,24)25)29(21(30)32)13-15-8-10-18(11-9-15)28(3)4/h5-12,14,21,32H,13H2,1-4H3,(H,26,27,31). The van der Waals surface area contributed by atoms with Crippen molar-refractivity contribution >= 4 is 23.4 Å². The average molecular weight is 449 g/mol. The first-order valence-corrected chi connectivity index (χ1v) is 10.0. The molecule has 3 rings (SSSR count). The lowest BCUT2D eigenvalue weighted by Crippen LogP contribution is -2.59. The van der Waals surface area contributed by atoms with E-state index in [0.717, 1.165) is 23.4 Å². The van der Waals surface area contributed by atoms with Gasteiger partial charge in [-0.05, 0) is 49.7 Å². The first-order valence-electron chi connectivity index (χ1n) is 10.0. The molecule has 0 fully saturated rings. The van der Waals surface area contributed by atoms with Crippen LogP contribution in [0.4, 0.5) is 29.3 Å². The van der Waals surface area contributed by atoms with Gasteiger partial charge < -0.3 is 15.3 Å². The van der Waals surface area contributed by atoms with E-state index in [9.17, 15) is 23.1 Å². The number of carbonyl (C=O) groups excluding carboxylic acids is 1. The Bertz CT molecular complexity index is 990. The van der Waals surface area contributed by atoms with Crippen molar-refractivity contribution in [3.63, 3.8) is 0 Å². The molecule has 1 heterocycles. The number of nitrogens with one attached hydrogen (secondary N) is 1. The zero-order valence-electron chi connectivity index (χ0n) is 18.3. The zero-order valence-corrected chi connectivity index (χ0v) is 18.3. The minimum Gasteiger partial charge on any atom is -0.378 e. The number of guanidine groups is 1. The first kappa shape index (κ1) is 23.4. The largest absolute Gasteiger partial charge is 0.416 e. The predicted octanol–water partition coefficient (Wildman–Crippen LogP) is 4.16. The Kier molecular flexibility index (Phi) is 6.63. The molecule has 0 radical (unpaired) electrons. The molecule has 1 aliphatic heterocycles. The van der Waals surface area contributed by atoms with Crippen LogP contribution in [0, 0.1) is 0 Å². The molecule has 2 N–H and O–H groups in total. The topological polar surface area (TPSA) is 71.4 Å². The maximum Gasteiger partial charge on any atom is 0.416 e. The van der Waals surface area contributed by atoms with E-state index in [4.69, 9.17) is 0 Å². The van der Waals surface area contributed by atoms with E-state index < -0.39 is 24.1 Å². The van der Waals surface area contributed by atoms with Gasteiger partial charge in [0.25, 0.3) is 0 Å². The highest BCUT2D eigenvalue weighted by Gasteiger charge is 2.37. The van der Waals surface area contributed by atoms with Crippen molar-refractivity contribution in [1.29, 1.82) is 0 Å². The molecule has 10 heteroatoms. The first-order chi connectivity index (χ1) is 15.0. The second-order valence-corrected chi connectivity index (χ2v) is 7.96. The Morgan fingerprint density at radius 2 is 1.81 bits per heavy atom. The number of aliphatic imine (C=N–C) groups is 1. The smallest absolute Gasteiger partial charge is 0.378 e. The summed E-state index contributed by atoms with van der Waals surface area (Å²) in [6.45, 7) is 3.66. The SMILES string of the molecule is CC(C)N1C(=O)N=C(Nc2cccc(C(F)(F)F)c2)N(Cc2ccc(N(C)C)cc2)C1O. The number of urea groups is 1. The number of aliphatic hydroxyl groups is 1. The van der Waals surface area contributed by atoms with Crippen molar-refractivity contribution in [3.05, 3.63) is 59.7 Å². The number of halogens is 3. The molecule has 172 valence electrons. The third kappa shape index (κ3) is 5.13. The van der Waals surface area contributed by atoms with Gasteiger partial charge in [-0.1, -0.05) is 18.2 Å². The van der Waals surface area contributed by atoms with Crippen LogP contribution >= 0.6 is 0 Å². The number of nitrogens with zero attached hydrogens (tertiary/aromatic N) is 4. The van der Waals surface area contributed by atoms with Crippen LogP contribution in [-0.4, -0.2) is 53.4 Å². The number of amides is 2. The molecular weight excluding hydrogens is 423 g/mol. The molecule has 0 saturated heterocycles. The summed E-state index contributed by atoms with van der Waals surface area (Å²) in [4.78, 5) is 21.1. The predicted molar refractivity (Wildman–Crippen MR) is 117 cm³/mol. The molecule has 2 amide bonds. The third-order valence-corrected chi connectivity index (χ3v) is 5.03. The van der Waals surface area contributed by atoms with Crippen LogP contribution in [-0.2, 0) is 12.7 Å². The monoisotopic (exact) mass is 449 g/mol. The molecular formula is C22H26F3N5O2. The van der Waals surface area contributed by atoms with Gasteiger partial charge in [-0.25, -0.2) is 4.79 Å². The fourth-order valence-electron chi connectivity index (χ4n) is 3.31. The summed E-state index contributed by atoms with van der Waals surface area (Å²) in [5.74, 6) is -0.0320. The van der Waals surface area contributed by atoms with Gasteiger partial charge in [-0.2, -0.15) is 18.2 Å². The van der Waals surface area contributed by atoms with Crippen molar-refractivity contribution in [3.8, 4) is 0 Å². The van der Waals surface area contributed by atoms with Crippen LogP contribution in [0.15, 0.2) is 53.5 Å². The van der Waals surface area contributed by atoms with E-state index >= 15 is 0 Å². The number of hydrogen-bond donors (Lipinski definition) is 2. The normalized spacial score (nSPS) is 17.0. The maximum atomic E-state index is 13.1. The molecule has 2 aromatic carbocycles. The minimum absolute atomic E-state index is 0.0320. The second-order valence-electron chi connectivity index (χ2n) is 7.96. The van der Waals surface area contributed by atoms with Crippen molar-refractivity contribution in [2.24, 2.45) is 4.99 Å². The van der Waals surface area contributed by atoms with E-state index in [0.29, 0.717) is 0 Å². The van der Waals surface area contributed by atoms with E-state index in [1.165, 1.54) is 21.9 Å². The molecule has 0 aliphatic carbocycles. The van der Waals surface area contributed by atoms with Crippen LogP contribution in [0.5, 0.6) is 0 Å². The second kappa shape index (κ2) is 9.07. The summed E-state index contributed by atoms with van der Waals surface area (Å²) < 4.78 is 39.3. The fraction of sp³-hybridized carbons (Fsp3) is 0.364. The van der Waals surface area contributed by atoms with E-state index in [-0.39, 0.29) is 24.2 Å². The summed E-state index contributed by atoms with van der Waals surface area (Å²) >= 11 is 0. The van der Waals surface area contributed by atoms with Crippen molar-refractivity contribution in [1.82, 2.24) is 9.80 Å². The molecule has 1 aliphatic rings. The minimum atomic E-state index is -4.51. The summed E-state index contributed by atoms with van der Waals surface area (Å²) in [6.07, 6.45) is -5.86. The molecule has 7 nitrogen and oxygen atoms in total. The number of hydrogen-bond acceptors (Lipinski definition) is 5. The number of anilines is 2. The van der Waals surface area contributed by atoms with Gasteiger partial charge in [0.1, 0.15) is 0 Å². The molecule has 0 aromatic heterocycles. The third-order valence-electron chi connectivity index (χ3n) is 5.03. The van der Waals surface area contributed by atoms with Gasteiger partial charge in [-0.3, -0.25) is 9.80 Å². The quantitative estimate of drug-likeness (QED) is 0.717. The van der Waals surface area contributed by atoms with E-state index in [2.05, 4.69) is 10.3 Å². The van der Waals surface area contributed by atoms with Gasteiger partial charge in [0, 0.05) is 31.5 Å². The van der Waals surface area contributed by atoms with Crippen LogP contribution in [0.2, 0.25) is 0 Å². The highest BCUT2D eigenvalue weighted by atomic mass is 19.4. The Hall–Kier alpha value is -3.27. The highest BCUT2D eigenvalue weighted by Crippen LogP contribution is 2.31. The number of aliphatic hydroxyl groups excluding tert-OH is 1. The Balaban J connectivity index is 1.93. The molecule has 1 unspecified atom stereocenters. The van der Waals surface area contributed by atoms with Crippen molar-refractivity contribution in [2.75, 3.05) is 24.3 Å². The number of carbonyl (C=O) groups is 1. The summed E-state index contributed by atoms with van der Waals surface area (Å²) in [5.41, 5.74) is 1.08. The van der Waals surface area contributed by atoms with Gasteiger partial charge >= 0.3 is 12.2 Å². The van der Waals surface area contributed by atoms with Gasteiger partial charge in [0.15, 0.2) is 0 Å². The van der Waals surface area contributed by atoms with Crippen LogP contribution in [0.3, 0.4) is 0 Å². The maximum absolute atomic E-state index is 13.1. The number of benzene rings is 2. The van der Waals surface area contributed by atoms with E-state index in [1.54, 1.807) is 13.8 Å². The van der Waals surface area contributed by atoms with Gasteiger partial charge in [0.05, 0.1) is 12.1 Å². The van der Waals surface area contributed by atoms with Crippen LogP contribution in [0.1, 0.15) is 25.0 Å². The molecule has 1 atom stereocenters. The van der Waals surface area contributed by atoms with Crippen LogP contribution < -0.4 is 10.2 Å². The lowest BCUT2D eigenvalue weighted by Gasteiger charge is -2.42. The molecule has 0 bridgehead atoms. The van der Waals surface area contributed by atoms with Crippen LogP contribution in [0.25, 0.3) is 0 Å². The molecule has 32 heavy (non-hydrogen) atoms. The van der Waals surface area contributed by atoms with Gasteiger partial charge in [-0.15, -0.1) is 0 Å². The molecule has 0 spiro atoms. The summed E-state index contributed by atoms with van der Waals surface area (Å²) in [5, 5.41) is 13.7. The fourth-order valence-corrected chi connectivity index (χ4v) is 3.31. The van der Waals surface area contributed by atoms with Crippen molar-refractivity contribution in [2.45, 2.75) is 39.0 Å². The Morgan fingerprint density at radius 3 is 2.38 bits per heavy atom. The Labute approximate surface area is 184 Å². The molecule has 0 saturated carbocycles. The number of rotatable bonds is 5. The summed E-state index contributed by atoms with van der Waals surface area (Å²) in [6, 6.07) is 11.1. The van der Waals surface area contributed by atoms with Gasteiger partial charge in [0.2, 0.25) is 12.3 Å². The Morgan fingerprint density at radius 1 is 1.16 bits per heavy atom.